The van der Waals surface area contributed by atoms with Crippen molar-refractivity contribution >= 4 is 5.97 Å². The van der Waals surface area contributed by atoms with E-state index in [9.17, 15) is 15.0 Å². The molecule has 19 heavy (non-hydrogen) atoms. The summed E-state index contributed by atoms with van der Waals surface area (Å²) in [6, 6.07) is 0. The van der Waals surface area contributed by atoms with E-state index in [1.54, 1.807) is 0 Å². The Morgan fingerprint density at radius 1 is 1.11 bits per heavy atom. The van der Waals surface area contributed by atoms with Crippen LogP contribution in [0, 0.1) is 11.8 Å². The van der Waals surface area contributed by atoms with E-state index in [4.69, 9.17) is 4.74 Å². The molecule has 3 aliphatic rings. The Kier molecular flexibility index (Phi) is 3.13. The van der Waals surface area contributed by atoms with Gasteiger partial charge in [0.1, 0.15) is 11.2 Å². The number of hydrogen-bond acceptors (Lipinski definition) is 4. The molecular formula is C15H24O4. The average molecular weight is 268 g/mol. The standard InChI is InChI=1S/C15H24O4/c1-10(16)19-14-9-4-2-3-6-11(14)15(18)12(14)7-5-8-13(15)17/h11-13,17-18H,2-9H2,1H3/t11-,12+,13-,14-,15+/m1/s1. The van der Waals surface area contributed by atoms with Crippen molar-refractivity contribution in [3.05, 3.63) is 0 Å². The molecule has 108 valence electrons. The summed E-state index contributed by atoms with van der Waals surface area (Å²) in [6.45, 7) is 1.45. The number of carbonyl (C=O) groups is 1. The SMILES string of the molecule is CC(=O)O[C@]12CCCCC[C@H]1[C@@]1(O)[C@H](O)CCC[C@@H]21. The molecule has 0 saturated heterocycles. The zero-order chi connectivity index (χ0) is 13.7. The Balaban J connectivity index is 1.96. The van der Waals surface area contributed by atoms with Crippen molar-refractivity contribution in [3.8, 4) is 0 Å². The lowest BCUT2D eigenvalue weighted by molar-refractivity contribution is -0.337. The number of fused-ring (bicyclic) bond motifs is 4. The fourth-order valence-electron chi connectivity index (χ4n) is 5.07. The molecule has 3 aliphatic carbocycles. The van der Waals surface area contributed by atoms with Gasteiger partial charge in [0.15, 0.2) is 0 Å². The van der Waals surface area contributed by atoms with Crippen LogP contribution in [0.25, 0.3) is 0 Å². The molecule has 5 atom stereocenters. The number of aliphatic hydroxyl groups is 2. The van der Waals surface area contributed by atoms with Crippen molar-refractivity contribution < 1.29 is 19.7 Å². The predicted molar refractivity (Wildman–Crippen MR) is 69.4 cm³/mol. The maximum absolute atomic E-state index is 11.5. The van der Waals surface area contributed by atoms with E-state index in [0.717, 1.165) is 44.9 Å². The van der Waals surface area contributed by atoms with Crippen molar-refractivity contribution in [1.29, 1.82) is 0 Å². The Morgan fingerprint density at radius 3 is 2.47 bits per heavy atom. The molecule has 0 bridgehead atoms. The van der Waals surface area contributed by atoms with E-state index in [1.807, 2.05) is 0 Å². The highest BCUT2D eigenvalue weighted by Gasteiger charge is 2.74. The first-order chi connectivity index (χ1) is 9.02. The van der Waals surface area contributed by atoms with Crippen LogP contribution < -0.4 is 0 Å². The monoisotopic (exact) mass is 268 g/mol. The highest BCUT2D eigenvalue weighted by Crippen LogP contribution is 2.64. The van der Waals surface area contributed by atoms with Gasteiger partial charge < -0.3 is 14.9 Å². The molecule has 0 aliphatic heterocycles. The minimum Gasteiger partial charge on any atom is -0.458 e. The van der Waals surface area contributed by atoms with Crippen LogP contribution in [0.2, 0.25) is 0 Å². The van der Waals surface area contributed by atoms with E-state index in [0.29, 0.717) is 6.42 Å². The van der Waals surface area contributed by atoms with Gasteiger partial charge in [0, 0.05) is 18.8 Å². The Labute approximate surface area is 114 Å². The van der Waals surface area contributed by atoms with E-state index in [-0.39, 0.29) is 17.8 Å². The van der Waals surface area contributed by atoms with Gasteiger partial charge in [-0.25, -0.2) is 0 Å². The normalized spacial score (nSPS) is 49.3. The minimum absolute atomic E-state index is 0.0734. The first-order valence-electron chi connectivity index (χ1n) is 7.62. The number of hydrogen-bond donors (Lipinski definition) is 2. The minimum atomic E-state index is -1.02. The summed E-state index contributed by atoms with van der Waals surface area (Å²) >= 11 is 0. The summed E-state index contributed by atoms with van der Waals surface area (Å²) in [4.78, 5) is 11.5. The van der Waals surface area contributed by atoms with Crippen molar-refractivity contribution in [2.75, 3.05) is 0 Å². The van der Waals surface area contributed by atoms with Crippen molar-refractivity contribution in [3.63, 3.8) is 0 Å². The second-order valence-electron chi connectivity index (χ2n) is 6.59. The molecule has 3 rings (SSSR count). The summed E-state index contributed by atoms with van der Waals surface area (Å²) in [5.74, 6) is -0.406. The Hall–Kier alpha value is -0.610. The molecule has 0 unspecified atom stereocenters. The maximum Gasteiger partial charge on any atom is 0.303 e. The fraction of sp³-hybridized carbons (Fsp3) is 0.933. The summed E-state index contributed by atoms with van der Waals surface area (Å²) in [6.07, 6.45) is 6.70. The van der Waals surface area contributed by atoms with Crippen molar-refractivity contribution in [2.45, 2.75) is 75.6 Å². The number of rotatable bonds is 1. The van der Waals surface area contributed by atoms with Crippen LogP contribution in [0.5, 0.6) is 0 Å². The fourth-order valence-corrected chi connectivity index (χ4v) is 5.07. The zero-order valence-corrected chi connectivity index (χ0v) is 11.6. The van der Waals surface area contributed by atoms with E-state index in [2.05, 4.69) is 0 Å². The van der Waals surface area contributed by atoms with Gasteiger partial charge >= 0.3 is 5.97 Å². The summed E-state index contributed by atoms with van der Waals surface area (Å²) < 4.78 is 5.73. The molecule has 2 N–H and O–H groups in total. The van der Waals surface area contributed by atoms with Crippen LogP contribution in [-0.4, -0.2) is 33.5 Å². The van der Waals surface area contributed by atoms with Gasteiger partial charge in [-0.15, -0.1) is 0 Å². The van der Waals surface area contributed by atoms with E-state index < -0.39 is 17.3 Å². The average Bonchev–Trinajstić information content (AvgIpc) is 2.53. The molecule has 0 amide bonds. The van der Waals surface area contributed by atoms with Gasteiger partial charge in [-0.2, -0.15) is 0 Å². The topological polar surface area (TPSA) is 66.8 Å². The lowest BCUT2D eigenvalue weighted by atomic mass is 9.43. The molecule has 0 aromatic rings. The number of carbonyl (C=O) groups excluding carboxylic acids is 1. The van der Waals surface area contributed by atoms with Gasteiger partial charge in [-0.1, -0.05) is 19.3 Å². The van der Waals surface area contributed by atoms with Crippen LogP contribution in [0.4, 0.5) is 0 Å². The van der Waals surface area contributed by atoms with Crippen LogP contribution in [0.3, 0.4) is 0 Å². The largest absolute Gasteiger partial charge is 0.458 e. The molecular weight excluding hydrogens is 244 g/mol. The molecule has 0 aromatic carbocycles. The maximum atomic E-state index is 11.5. The van der Waals surface area contributed by atoms with Crippen molar-refractivity contribution in [1.82, 2.24) is 0 Å². The second kappa shape index (κ2) is 4.45. The molecule has 0 spiro atoms. The van der Waals surface area contributed by atoms with Gasteiger partial charge in [0.25, 0.3) is 0 Å². The highest BCUT2D eigenvalue weighted by molar-refractivity contribution is 5.67. The Bertz CT molecular complexity index is 382. The molecule has 0 heterocycles. The first kappa shape index (κ1) is 13.4. The quantitative estimate of drug-likeness (QED) is 0.711. The molecule has 0 radical (unpaired) electrons. The zero-order valence-electron chi connectivity index (χ0n) is 11.6. The Morgan fingerprint density at radius 2 is 1.79 bits per heavy atom. The second-order valence-corrected chi connectivity index (χ2v) is 6.59. The first-order valence-corrected chi connectivity index (χ1v) is 7.62. The van der Waals surface area contributed by atoms with E-state index >= 15 is 0 Å². The van der Waals surface area contributed by atoms with Gasteiger partial charge in [0.2, 0.25) is 0 Å². The van der Waals surface area contributed by atoms with Gasteiger partial charge in [0.05, 0.1) is 6.10 Å². The van der Waals surface area contributed by atoms with Gasteiger partial charge in [-0.3, -0.25) is 4.79 Å². The number of ether oxygens (including phenoxy) is 1. The molecule has 0 aromatic heterocycles. The lowest BCUT2D eigenvalue weighted by Crippen LogP contribution is -2.79. The number of aliphatic hydroxyl groups excluding tert-OH is 1. The molecule has 3 saturated carbocycles. The smallest absolute Gasteiger partial charge is 0.303 e. The van der Waals surface area contributed by atoms with Crippen molar-refractivity contribution in [2.24, 2.45) is 11.8 Å². The van der Waals surface area contributed by atoms with Crippen LogP contribution in [-0.2, 0) is 9.53 Å². The molecule has 4 nitrogen and oxygen atoms in total. The predicted octanol–water partition coefficient (Wildman–Crippen LogP) is 1.77. The summed E-state index contributed by atoms with van der Waals surface area (Å²) in [7, 11) is 0. The molecule has 4 heteroatoms. The third kappa shape index (κ3) is 1.69. The highest BCUT2D eigenvalue weighted by atomic mass is 16.6. The third-order valence-electron chi connectivity index (χ3n) is 5.69. The summed E-state index contributed by atoms with van der Waals surface area (Å²) in [5, 5.41) is 21.2. The van der Waals surface area contributed by atoms with E-state index in [1.165, 1.54) is 6.92 Å². The van der Waals surface area contributed by atoms with Crippen LogP contribution >= 0.6 is 0 Å². The molecule has 3 fully saturated rings. The number of esters is 1. The van der Waals surface area contributed by atoms with Gasteiger partial charge in [-0.05, 0) is 32.1 Å². The van der Waals surface area contributed by atoms with Crippen LogP contribution in [0.1, 0.15) is 58.3 Å². The summed E-state index contributed by atoms with van der Waals surface area (Å²) in [5.41, 5.74) is -1.52. The lowest BCUT2D eigenvalue weighted by Gasteiger charge is -2.68. The third-order valence-corrected chi connectivity index (χ3v) is 5.69. The van der Waals surface area contributed by atoms with Crippen LogP contribution in [0.15, 0.2) is 0 Å².